The Balaban J connectivity index is 1.01. The van der Waals surface area contributed by atoms with Crippen molar-refractivity contribution in [2.24, 2.45) is 11.8 Å². The first-order valence-electron chi connectivity index (χ1n) is 19.9. The molecule has 61 heavy (non-hydrogen) atoms. The molecule has 4 heterocycles. The first-order chi connectivity index (χ1) is 29.3. The van der Waals surface area contributed by atoms with Crippen LogP contribution >= 0.6 is 23.2 Å². The lowest BCUT2D eigenvalue weighted by Crippen LogP contribution is -2.52. The number of carbonyl (C=O) groups is 3. The number of rotatable bonds is 19. The number of esters is 2. The predicted molar refractivity (Wildman–Crippen MR) is 220 cm³/mol. The van der Waals surface area contributed by atoms with Crippen molar-refractivity contribution >= 4 is 51.1 Å². The van der Waals surface area contributed by atoms with Crippen LogP contribution in [-0.2, 0) is 35.5 Å². The third-order valence-corrected chi connectivity index (χ3v) is 12.9. The third kappa shape index (κ3) is 11.7. The lowest BCUT2D eigenvalue weighted by molar-refractivity contribution is -0.161. The fourth-order valence-corrected chi connectivity index (χ4v) is 9.09. The molecule has 3 aliphatic heterocycles. The predicted octanol–water partition coefficient (Wildman–Crippen LogP) is 7.08. The topological polar surface area (TPSA) is 162 Å². The fraction of sp³-hybridized carbons (Fsp3) is 0.395. The number of hydrogen-bond donors (Lipinski definition) is 2. The summed E-state index contributed by atoms with van der Waals surface area (Å²) in [5.74, 6) is -1.76. The molecule has 3 atom stereocenters. The highest BCUT2D eigenvalue weighted by Crippen LogP contribution is 2.38. The van der Waals surface area contributed by atoms with Gasteiger partial charge in [0.05, 0.1) is 28.0 Å². The van der Waals surface area contributed by atoms with Crippen molar-refractivity contribution in [3.63, 3.8) is 0 Å². The molecular formula is C43H44Cl2F2N4O9S. The number of nitrogens with zero attached hydrogens (tertiary/aromatic N) is 2. The van der Waals surface area contributed by atoms with E-state index in [4.69, 9.17) is 37.4 Å². The summed E-state index contributed by atoms with van der Waals surface area (Å²) in [5, 5.41) is 3.03. The zero-order valence-corrected chi connectivity index (χ0v) is 35.1. The number of pyridine rings is 1. The third-order valence-electron chi connectivity index (χ3n) is 10.9. The van der Waals surface area contributed by atoms with Gasteiger partial charge in [0.2, 0.25) is 10.0 Å². The van der Waals surface area contributed by atoms with Gasteiger partial charge in [-0.25, -0.2) is 13.2 Å². The van der Waals surface area contributed by atoms with Crippen LogP contribution in [-0.4, -0.2) is 81.6 Å². The summed E-state index contributed by atoms with van der Waals surface area (Å²) in [6.07, 6.45) is 4.77. The van der Waals surface area contributed by atoms with Crippen LogP contribution in [0.1, 0.15) is 71.3 Å². The maximum absolute atomic E-state index is 13.8. The van der Waals surface area contributed by atoms with E-state index in [1.807, 2.05) is 0 Å². The Morgan fingerprint density at radius 2 is 1.62 bits per heavy atom. The molecule has 3 saturated heterocycles. The molecule has 0 radical (unpaired) electrons. The van der Waals surface area contributed by atoms with E-state index in [1.54, 1.807) is 30.3 Å². The average molecular weight is 902 g/mol. The Morgan fingerprint density at radius 1 is 0.885 bits per heavy atom. The zero-order valence-electron chi connectivity index (χ0n) is 32.8. The number of piperidine rings is 3. The monoisotopic (exact) mass is 900 g/mol. The second-order valence-corrected chi connectivity index (χ2v) is 17.7. The summed E-state index contributed by atoms with van der Waals surface area (Å²) in [6, 6.07) is 16.5. The largest absolute Gasteiger partial charge is 0.489 e. The van der Waals surface area contributed by atoms with Crippen molar-refractivity contribution in [3.05, 3.63) is 117 Å². The second-order valence-electron chi connectivity index (χ2n) is 15.2. The smallest absolute Gasteiger partial charge is 0.387 e. The second kappa shape index (κ2) is 19.9. The number of aromatic nitrogens is 1. The van der Waals surface area contributed by atoms with Crippen molar-refractivity contribution in [2.75, 3.05) is 32.8 Å². The highest BCUT2D eigenvalue weighted by Gasteiger charge is 2.39. The Bertz CT molecular complexity index is 2300. The van der Waals surface area contributed by atoms with Crippen molar-refractivity contribution in [2.45, 2.75) is 68.3 Å². The lowest BCUT2D eigenvalue weighted by Gasteiger charge is -2.44. The summed E-state index contributed by atoms with van der Waals surface area (Å²) in [7, 11) is -4.37. The highest BCUT2D eigenvalue weighted by atomic mass is 35.5. The summed E-state index contributed by atoms with van der Waals surface area (Å²) < 4.78 is 78.8. The van der Waals surface area contributed by atoms with Crippen LogP contribution in [0.25, 0.3) is 0 Å². The number of hydrogen-bond acceptors (Lipinski definition) is 11. The fourth-order valence-electron chi connectivity index (χ4n) is 7.35. The molecule has 4 aliphatic rings. The van der Waals surface area contributed by atoms with E-state index < -0.39 is 46.6 Å². The molecular weight excluding hydrogens is 857 g/mol. The molecule has 2 N–H and O–H groups in total. The maximum Gasteiger partial charge on any atom is 0.387 e. The molecule has 13 nitrogen and oxygen atoms in total. The van der Waals surface area contributed by atoms with Gasteiger partial charge in [-0.05, 0) is 97.6 Å². The molecule has 0 spiro atoms. The van der Waals surface area contributed by atoms with E-state index in [-0.39, 0.29) is 63.4 Å². The van der Waals surface area contributed by atoms with Crippen molar-refractivity contribution in [3.8, 4) is 11.5 Å². The number of amides is 1. The Hall–Kier alpha value is -4.87. The Morgan fingerprint density at radius 3 is 2.30 bits per heavy atom. The van der Waals surface area contributed by atoms with Crippen molar-refractivity contribution in [1.29, 1.82) is 0 Å². The van der Waals surface area contributed by atoms with Crippen LogP contribution < -0.4 is 19.5 Å². The normalized spacial score (nSPS) is 19.5. The molecule has 2 bridgehead atoms. The summed E-state index contributed by atoms with van der Waals surface area (Å²) in [6.45, 7) is -0.521. The summed E-state index contributed by atoms with van der Waals surface area (Å²) in [4.78, 5) is 46.1. The molecule has 18 heteroatoms. The van der Waals surface area contributed by atoms with Gasteiger partial charge in [0, 0.05) is 37.5 Å². The molecule has 4 aromatic rings. The number of halogens is 4. The van der Waals surface area contributed by atoms with E-state index in [1.165, 1.54) is 54.9 Å². The molecule has 1 aromatic heterocycles. The van der Waals surface area contributed by atoms with E-state index in [0.29, 0.717) is 35.8 Å². The highest BCUT2D eigenvalue weighted by molar-refractivity contribution is 7.89. The Kier molecular flexibility index (Phi) is 14.4. The van der Waals surface area contributed by atoms with Gasteiger partial charge in [0.1, 0.15) is 18.2 Å². The first kappa shape index (κ1) is 44.2. The lowest BCUT2D eigenvalue weighted by atomic mass is 9.86. The maximum atomic E-state index is 13.8. The number of benzene rings is 3. The summed E-state index contributed by atoms with van der Waals surface area (Å²) >= 11 is 12.8. The van der Waals surface area contributed by atoms with E-state index in [0.717, 1.165) is 38.8 Å². The molecule has 1 amide bonds. The van der Waals surface area contributed by atoms with Gasteiger partial charge in [0.25, 0.3) is 5.91 Å². The van der Waals surface area contributed by atoms with Gasteiger partial charge in [-0.3, -0.25) is 19.5 Å². The number of nitrogens with one attached hydrogen (secondary N) is 2. The van der Waals surface area contributed by atoms with Gasteiger partial charge in [-0.15, -0.1) is 0 Å². The van der Waals surface area contributed by atoms with Crippen LogP contribution in [0.5, 0.6) is 11.5 Å². The van der Waals surface area contributed by atoms with Crippen molar-refractivity contribution in [1.82, 2.24) is 19.9 Å². The van der Waals surface area contributed by atoms with Gasteiger partial charge in [0.15, 0.2) is 11.5 Å². The van der Waals surface area contributed by atoms with Crippen LogP contribution in [0.15, 0.2) is 90.1 Å². The Labute approximate surface area is 362 Å². The van der Waals surface area contributed by atoms with Crippen LogP contribution in [0.2, 0.25) is 10.0 Å². The summed E-state index contributed by atoms with van der Waals surface area (Å²) in [5.41, 5.74) is 1.17. The standard InChI is InChI=1S/C43H44Cl2F2N4O9S/c44-33-22-48-23-34(45)32(33)21-36(29-11-12-35(60-43(46)47)37(20-29)57-25-26-9-10-26)58-39(52)13-16-49-41(53)30-7-4-8-31(19-30)61(55,56)50-40(28-5-2-1-3-6-28)42(54)59-38-24-51-17-14-27(38)15-18-51/h1-8,11-12,19-20,22-23,26-27,36,38,40,43,50H,9-10,13-18,21,24-25H2,(H,49,53)/t36-,38-,40?/m0/s1. The minimum Gasteiger partial charge on any atom is -0.489 e. The first-order valence-corrected chi connectivity index (χ1v) is 22.1. The number of fused-ring (bicyclic) bond motifs is 3. The van der Waals surface area contributed by atoms with E-state index in [2.05, 4.69) is 24.7 Å². The molecule has 324 valence electrons. The minimum absolute atomic E-state index is 0.0206. The number of alkyl halides is 2. The molecule has 1 unspecified atom stereocenters. The van der Waals surface area contributed by atoms with Gasteiger partial charge < -0.3 is 24.3 Å². The van der Waals surface area contributed by atoms with E-state index in [9.17, 15) is 31.6 Å². The van der Waals surface area contributed by atoms with E-state index >= 15 is 0 Å². The van der Waals surface area contributed by atoms with Gasteiger partial charge in [-0.1, -0.05) is 65.7 Å². The SMILES string of the molecule is O=C(CCNC(=O)c1cccc(S(=O)(=O)NC(C(=O)O[C@H]2CN3CCC2CC3)c2ccccc2)c1)O[C@@H](Cc1c(Cl)cncc1Cl)c1ccc(OC(F)F)c(OCC2CC2)c1. The molecule has 3 aromatic carbocycles. The number of sulfonamides is 1. The van der Waals surface area contributed by atoms with Crippen molar-refractivity contribution < 1.29 is 50.5 Å². The van der Waals surface area contributed by atoms with Crippen LogP contribution in [0.4, 0.5) is 8.78 Å². The molecule has 4 fully saturated rings. The molecule has 1 aliphatic carbocycles. The number of ether oxygens (including phenoxy) is 4. The number of carbonyl (C=O) groups excluding carboxylic acids is 3. The van der Waals surface area contributed by atoms with Crippen LogP contribution in [0, 0.1) is 11.8 Å². The molecule has 8 rings (SSSR count). The average Bonchev–Trinajstić information content (AvgIpc) is 4.09. The zero-order chi connectivity index (χ0) is 43.1. The van der Waals surface area contributed by atoms with Gasteiger partial charge >= 0.3 is 18.6 Å². The molecule has 1 saturated carbocycles. The quantitative estimate of drug-likeness (QED) is 0.0926. The van der Waals surface area contributed by atoms with Gasteiger partial charge in [-0.2, -0.15) is 13.5 Å². The minimum atomic E-state index is -4.37. The van der Waals surface area contributed by atoms with Crippen LogP contribution in [0.3, 0.4) is 0 Å².